The van der Waals surface area contributed by atoms with Crippen LogP contribution >= 0.6 is 0 Å². The molecule has 6 nitrogen and oxygen atoms in total. The molecular formula is C18H23N5O. The van der Waals surface area contributed by atoms with Crippen LogP contribution < -0.4 is 5.32 Å². The molecule has 2 N–H and O–H groups in total. The number of hydrogen-bond acceptors (Lipinski definition) is 3. The van der Waals surface area contributed by atoms with Crippen molar-refractivity contribution in [1.82, 2.24) is 24.8 Å². The van der Waals surface area contributed by atoms with E-state index in [4.69, 9.17) is 0 Å². The van der Waals surface area contributed by atoms with Crippen molar-refractivity contribution >= 4 is 28.0 Å². The monoisotopic (exact) mass is 325 g/mol. The first-order valence-corrected chi connectivity index (χ1v) is 8.72. The number of hydrogen-bond donors (Lipinski definition) is 2. The Morgan fingerprint density at radius 1 is 1.29 bits per heavy atom. The second-order valence-corrected chi connectivity index (χ2v) is 7.05. The molecule has 0 saturated heterocycles. The maximum absolute atomic E-state index is 12.2. The van der Waals surface area contributed by atoms with Crippen molar-refractivity contribution in [3.8, 4) is 0 Å². The van der Waals surface area contributed by atoms with Gasteiger partial charge in [0.25, 0.3) is 0 Å². The molecule has 3 aromatic rings. The van der Waals surface area contributed by atoms with Gasteiger partial charge in [0.15, 0.2) is 0 Å². The topological polar surface area (TPSA) is 75.6 Å². The average molecular weight is 325 g/mol. The second-order valence-electron chi connectivity index (χ2n) is 7.05. The van der Waals surface area contributed by atoms with Crippen molar-refractivity contribution in [2.75, 3.05) is 0 Å². The van der Waals surface area contributed by atoms with Gasteiger partial charge in [0.05, 0.1) is 18.0 Å². The summed E-state index contributed by atoms with van der Waals surface area (Å²) in [6.07, 6.45) is 9.56. The van der Waals surface area contributed by atoms with Crippen LogP contribution in [0.1, 0.15) is 45.6 Å². The molecule has 6 heteroatoms. The number of fused-ring (bicyclic) bond motifs is 3. The molecule has 0 aliphatic heterocycles. The van der Waals surface area contributed by atoms with Crippen LogP contribution in [0.4, 0.5) is 0 Å². The Kier molecular flexibility index (Phi) is 3.75. The van der Waals surface area contributed by atoms with Crippen LogP contribution in [0.3, 0.4) is 0 Å². The predicted molar refractivity (Wildman–Crippen MR) is 93.7 cm³/mol. The number of carbonyl (C=O) groups excluding carboxylic acids is 1. The highest BCUT2D eigenvalue weighted by Crippen LogP contribution is 2.35. The van der Waals surface area contributed by atoms with E-state index in [1.807, 2.05) is 32.6 Å². The number of amides is 1. The number of H-pyrrole nitrogens is 1. The molecule has 0 radical (unpaired) electrons. The lowest BCUT2D eigenvalue weighted by Gasteiger charge is -2.29. The maximum Gasteiger partial charge on any atom is 0.223 e. The van der Waals surface area contributed by atoms with Gasteiger partial charge in [-0.1, -0.05) is 0 Å². The van der Waals surface area contributed by atoms with E-state index in [0.29, 0.717) is 6.04 Å². The Balaban J connectivity index is 1.57. The van der Waals surface area contributed by atoms with Gasteiger partial charge in [0, 0.05) is 29.6 Å². The highest BCUT2D eigenvalue weighted by atomic mass is 16.1. The maximum atomic E-state index is 12.2. The van der Waals surface area contributed by atoms with Gasteiger partial charge >= 0.3 is 0 Å². The lowest BCUT2D eigenvalue weighted by molar-refractivity contribution is -0.126. The fourth-order valence-corrected chi connectivity index (χ4v) is 3.83. The van der Waals surface area contributed by atoms with Crippen LogP contribution in [-0.2, 0) is 4.79 Å². The van der Waals surface area contributed by atoms with Crippen LogP contribution in [0.15, 0.2) is 24.8 Å². The molecule has 1 aliphatic rings. The summed E-state index contributed by atoms with van der Waals surface area (Å²) < 4.78 is 2.28. The summed E-state index contributed by atoms with van der Waals surface area (Å²) in [6, 6.07) is 2.67. The van der Waals surface area contributed by atoms with E-state index in [1.165, 1.54) is 0 Å². The fourth-order valence-electron chi connectivity index (χ4n) is 3.83. The third-order valence-electron chi connectivity index (χ3n) is 5.01. The summed E-state index contributed by atoms with van der Waals surface area (Å²) in [5, 5.41) is 4.16. The minimum atomic E-state index is 0.146. The molecule has 1 saturated carbocycles. The zero-order valence-corrected chi connectivity index (χ0v) is 14.1. The number of aromatic nitrogens is 4. The predicted octanol–water partition coefficient (Wildman–Crippen LogP) is 3.17. The summed E-state index contributed by atoms with van der Waals surface area (Å²) in [4.78, 5) is 24.3. The Hall–Kier alpha value is -2.37. The van der Waals surface area contributed by atoms with Crippen molar-refractivity contribution < 1.29 is 4.79 Å². The molecule has 3 heterocycles. The van der Waals surface area contributed by atoms with E-state index in [9.17, 15) is 4.79 Å². The van der Waals surface area contributed by atoms with E-state index in [0.717, 1.165) is 47.8 Å². The Morgan fingerprint density at radius 3 is 2.83 bits per heavy atom. The molecule has 1 amide bonds. The molecule has 1 fully saturated rings. The minimum absolute atomic E-state index is 0.146. The van der Waals surface area contributed by atoms with Gasteiger partial charge < -0.3 is 14.9 Å². The molecule has 4 rings (SSSR count). The highest BCUT2D eigenvalue weighted by molar-refractivity contribution is 6.00. The van der Waals surface area contributed by atoms with Crippen LogP contribution in [0.5, 0.6) is 0 Å². The first kappa shape index (κ1) is 15.2. The van der Waals surface area contributed by atoms with Crippen molar-refractivity contribution in [3.63, 3.8) is 0 Å². The van der Waals surface area contributed by atoms with Crippen molar-refractivity contribution in [3.05, 3.63) is 24.8 Å². The van der Waals surface area contributed by atoms with Gasteiger partial charge in [-0.25, -0.2) is 9.97 Å². The Labute approximate surface area is 140 Å². The summed E-state index contributed by atoms with van der Waals surface area (Å²) in [5.74, 6) is 0.351. The van der Waals surface area contributed by atoms with Gasteiger partial charge in [0.2, 0.25) is 5.91 Å². The zero-order valence-electron chi connectivity index (χ0n) is 14.1. The third-order valence-corrected chi connectivity index (χ3v) is 5.01. The first-order valence-electron chi connectivity index (χ1n) is 8.72. The zero-order chi connectivity index (χ0) is 16.7. The highest BCUT2D eigenvalue weighted by Gasteiger charge is 2.28. The Bertz CT molecular complexity index is 870. The van der Waals surface area contributed by atoms with Gasteiger partial charge in [0.1, 0.15) is 11.2 Å². The van der Waals surface area contributed by atoms with Crippen LogP contribution in [0, 0.1) is 5.92 Å². The van der Waals surface area contributed by atoms with E-state index < -0.39 is 0 Å². The summed E-state index contributed by atoms with van der Waals surface area (Å²) in [6.45, 7) is 4.02. The van der Waals surface area contributed by atoms with Crippen LogP contribution in [0.25, 0.3) is 22.1 Å². The van der Waals surface area contributed by atoms with Gasteiger partial charge in [-0.3, -0.25) is 4.79 Å². The number of rotatable bonds is 3. The van der Waals surface area contributed by atoms with Gasteiger partial charge in [-0.05, 0) is 45.6 Å². The van der Waals surface area contributed by atoms with E-state index in [1.54, 1.807) is 0 Å². The normalized spacial score (nSPS) is 21.6. The number of pyridine rings is 1. The van der Waals surface area contributed by atoms with Crippen molar-refractivity contribution in [2.45, 2.75) is 51.6 Å². The van der Waals surface area contributed by atoms with Crippen molar-refractivity contribution in [1.29, 1.82) is 0 Å². The summed E-state index contributed by atoms with van der Waals surface area (Å²) in [7, 11) is 0. The van der Waals surface area contributed by atoms with Crippen molar-refractivity contribution in [2.24, 2.45) is 5.92 Å². The molecule has 0 aromatic carbocycles. The molecule has 0 unspecified atom stereocenters. The van der Waals surface area contributed by atoms with E-state index in [2.05, 4.69) is 30.9 Å². The summed E-state index contributed by atoms with van der Waals surface area (Å²) >= 11 is 0. The quantitative estimate of drug-likeness (QED) is 0.776. The van der Waals surface area contributed by atoms with E-state index >= 15 is 0 Å². The van der Waals surface area contributed by atoms with Gasteiger partial charge in [-0.2, -0.15) is 0 Å². The minimum Gasteiger partial charge on any atom is -0.354 e. The molecule has 24 heavy (non-hydrogen) atoms. The van der Waals surface area contributed by atoms with Crippen LogP contribution in [0.2, 0.25) is 0 Å². The van der Waals surface area contributed by atoms with Crippen LogP contribution in [-0.4, -0.2) is 31.5 Å². The SMILES string of the molecule is CC(C)NC(=O)[C@H]1CC[C@H](n2cnc3cnc4[nH]ccc4c32)CC1. The van der Waals surface area contributed by atoms with E-state index in [-0.39, 0.29) is 17.9 Å². The number of imidazole rings is 1. The van der Waals surface area contributed by atoms with Gasteiger partial charge in [-0.15, -0.1) is 0 Å². The number of nitrogens with one attached hydrogen (secondary N) is 2. The molecule has 0 bridgehead atoms. The number of nitrogens with zero attached hydrogens (tertiary/aromatic N) is 3. The molecule has 126 valence electrons. The molecule has 1 aliphatic carbocycles. The fraction of sp³-hybridized carbons (Fsp3) is 0.500. The lowest BCUT2D eigenvalue weighted by Crippen LogP contribution is -2.37. The molecule has 0 atom stereocenters. The molecular weight excluding hydrogens is 302 g/mol. The standard InChI is InChI=1S/C18H23N5O/c1-11(2)22-18(24)12-3-5-13(6-4-12)23-10-21-15-9-20-17-14(16(15)23)7-8-19-17/h7-13H,3-6H2,1-2H3,(H,19,20)(H,22,24)/t12-,13-. The largest absolute Gasteiger partial charge is 0.354 e. The molecule has 0 spiro atoms. The molecule has 3 aromatic heterocycles. The number of carbonyl (C=O) groups is 1. The lowest BCUT2D eigenvalue weighted by atomic mass is 9.85. The third kappa shape index (κ3) is 2.56. The second kappa shape index (κ2) is 5.92. The number of aromatic amines is 1. The first-order chi connectivity index (χ1) is 11.6. The Morgan fingerprint density at radius 2 is 2.08 bits per heavy atom. The smallest absolute Gasteiger partial charge is 0.223 e. The summed E-state index contributed by atoms with van der Waals surface area (Å²) in [5.41, 5.74) is 2.98. The average Bonchev–Trinajstić information content (AvgIpc) is 3.20.